The van der Waals surface area contributed by atoms with Gasteiger partial charge in [-0.15, -0.1) is 0 Å². The summed E-state index contributed by atoms with van der Waals surface area (Å²) in [6, 6.07) is 25.2. The number of benzene rings is 4. The highest BCUT2D eigenvalue weighted by atomic mass is 16.5. The second-order valence-corrected chi connectivity index (χ2v) is 6.65. The third-order valence-corrected chi connectivity index (χ3v) is 4.90. The van der Waals surface area contributed by atoms with Crippen LogP contribution in [0.15, 0.2) is 84.9 Å². The predicted molar refractivity (Wildman–Crippen MR) is 107 cm³/mol. The van der Waals surface area contributed by atoms with Crippen molar-refractivity contribution in [3.63, 3.8) is 0 Å². The molecule has 0 unspecified atom stereocenters. The van der Waals surface area contributed by atoms with Gasteiger partial charge in [-0.2, -0.15) is 0 Å². The van der Waals surface area contributed by atoms with Crippen LogP contribution < -0.4 is 9.47 Å². The first-order valence-electron chi connectivity index (χ1n) is 8.77. The summed E-state index contributed by atoms with van der Waals surface area (Å²) >= 11 is 0. The Bertz CT molecular complexity index is 1070. The molecular formula is C24H18O2. The van der Waals surface area contributed by atoms with E-state index in [1.54, 1.807) is 0 Å². The number of rotatable bonds is 0. The van der Waals surface area contributed by atoms with Gasteiger partial charge < -0.3 is 9.47 Å². The maximum Gasteiger partial charge on any atom is 0.128 e. The van der Waals surface area contributed by atoms with Crippen LogP contribution in [0.4, 0.5) is 0 Å². The molecule has 0 fully saturated rings. The van der Waals surface area contributed by atoms with Crippen molar-refractivity contribution in [2.75, 3.05) is 13.2 Å². The second kappa shape index (κ2) is 5.92. The highest BCUT2D eigenvalue weighted by Crippen LogP contribution is 2.46. The lowest BCUT2D eigenvalue weighted by atomic mass is 9.92. The third-order valence-electron chi connectivity index (χ3n) is 4.90. The van der Waals surface area contributed by atoms with Crippen molar-refractivity contribution >= 4 is 21.5 Å². The van der Waals surface area contributed by atoms with Gasteiger partial charge in [-0.25, -0.2) is 0 Å². The minimum atomic E-state index is 0.456. The fourth-order valence-corrected chi connectivity index (χ4v) is 3.66. The van der Waals surface area contributed by atoms with Crippen molar-refractivity contribution in [2.24, 2.45) is 0 Å². The van der Waals surface area contributed by atoms with E-state index in [1.165, 1.54) is 21.5 Å². The van der Waals surface area contributed by atoms with E-state index >= 15 is 0 Å². The van der Waals surface area contributed by atoms with Crippen LogP contribution in [-0.2, 0) is 0 Å². The van der Waals surface area contributed by atoms with Crippen LogP contribution in [-0.4, -0.2) is 13.2 Å². The lowest BCUT2D eigenvalue weighted by Gasteiger charge is -2.17. The summed E-state index contributed by atoms with van der Waals surface area (Å²) in [5.41, 5.74) is 3.10. The van der Waals surface area contributed by atoms with Gasteiger partial charge >= 0.3 is 0 Å². The van der Waals surface area contributed by atoms with Crippen molar-refractivity contribution in [3.05, 3.63) is 84.9 Å². The van der Waals surface area contributed by atoms with Gasteiger partial charge in [0, 0.05) is 11.1 Å². The fourth-order valence-electron chi connectivity index (χ4n) is 3.66. The van der Waals surface area contributed by atoms with Gasteiger partial charge in [-0.3, -0.25) is 0 Å². The van der Waals surface area contributed by atoms with Crippen molar-refractivity contribution in [3.8, 4) is 22.6 Å². The van der Waals surface area contributed by atoms with Crippen molar-refractivity contribution < 1.29 is 9.47 Å². The Morgan fingerprint density at radius 3 is 1.54 bits per heavy atom. The van der Waals surface area contributed by atoms with Gasteiger partial charge in [0.25, 0.3) is 0 Å². The standard InChI is InChI=1S/C24H18O2/c1-16-14-25-21-12-10-17-6-2-4-8-19(17)23(21)24-20-9-5-3-7-18(20)11-13-22(24)26-15-16/h2-13H,1,14-15H2. The summed E-state index contributed by atoms with van der Waals surface area (Å²) in [4.78, 5) is 0. The smallest absolute Gasteiger partial charge is 0.128 e. The zero-order chi connectivity index (χ0) is 17.5. The summed E-state index contributed by atoms with van der Waals surface area (Å²) in [5.74, 6) is 1.74. The number of hydrogen-bond donors (Lipinski definition) is 0. The molecular weight excluding hydrogens is 320 g/mol. The van der Waals surface area contributed by atoms with Crippen molar-refractivity contribution in [1.29, 1.82) is 0 Å². The predicted octanol–water partition coefficient (Wildman–Crippen LogP) is 5.99. The molecule has 0 bridgehead atoms. The van der Waals surface area contributed by atoms with Gasteiger partial charge in [0.15, 0.2) is 0 Å². The molecule has 2 nitrogen and oxygen atoms in total. The largest absolute Gasteiger partial charge is 0.488 e. The van der Waals surface area contributed by atoms with E-state index in [0.717, 1.165) is 28.2 Å². The van der Waals surface area contributed by atoms with Gasteiger partial charge in [-0.05, 0) is 39.3 Å². The van der Waals surface area contributed by atoms with E-state index in [9.17, 15) is 0 Å². The highest BCUT2D eigenvalue weighted by molar-refractivity contribution is 6.09. The quantitative estimate of drug-likeness (QED) is 0.367. The average Bonchev–Trinajstić information content (AvgIpc) is 2.76. The summed E-state index contributed by atoms with van der Waals surface area (Å²) in [5, 5.41) is 4.70. The second-order valence-electron chi connectivity index (χ2n) is 6.65. The zero-order valence-corrected chi connectivity index (χ0v) is 14.4. The molecule has 1 heterocycles. The first kappa shape index (κ1) is 15.0. The molecule has 0 atom stereocenters. The van der Waals surface area contributed by atoms with E-state index in [1.807, 2.05) is 0 Å². The highest BCUT2D eigenvalue weighted by Gasteiger charge is 2.20. The molecule has 0 spiro atoms. The summed E-state index contributed by atoms with van der Waals surface area (Å²) < 4.78 is 12.3. The minimum absolute atomic E-state index is 0.456. The molecule has 1 aliphatic heterocycles. The van der Waals surface area contributed by atoms with Crippen LogP contribution in [0.2, 0.25) is 0 Å². The molecule has 0 aromatic heterocycles. The van der Waals surface area contributed by atoms with Crippen molar-refractivity contribution in [2.45, 2.75) is 0 Å². The molecule has 5 rings (SSSR count). The maximum atomic E-state index is 6.16. The molecule has 126 valence electrons. The average molecular weight is 338 g/mol. The van der Waals surface area contributed by atoms with E-state index in [-0.39, 0.29) is 0 Å². The molecule has 26 heavy (non-hydrogen) atoms. The Hall–Kier alpha value is -3.26. The van der Waals surface area contributed by atoms with Crippen LogP contribution in [0, 0.1) is 0 Å². The molecule has 0 saturated heterocycles. The molecule has 0 amide bonds. The van der Waals surface area contributed by atoms with Crippen LogP contribution in [0.25, 0.3) is 32.7 Å². The summed E-state index contributed by atoms with van der Waals surface area (Å²) in [7, 11) is 0. The van der Waals surface area contributed by atoms with E-state index < -0.39 is 0 Å². The number of fused-ring (bicyclic) bond motifs is 7. The summed E-state index contributed by atoms with van der Waals surface area (Å²) in [6.45, 7) is 4.99. The first-order valence-corrected chi connectivity index (χ1v) is 8.77. The summed E-state index contributed by atoms with van der Waals surface area (Å²) in [6.07, 6.45) is 0. The van der Waals surface area contributed by atoms with Crippen LogP contribution >= 0.6 is 0 Å². The zero-order valence-electron chi connectivity index (χ0n) is 14.4. The third kappa shape index (κ3) is 2.34. The lowest BCUT2D eigenvalue weighted by molar-refractivity contribution is 0.307. The van der Waals surface area contributed by atoms with Gasteiger partial charge in [0.1, 0.15) is 24.7 Å². The Kier molecular flexibility index (Phi) is 3.42. The molecule has 0 radical (unpaired) electrons. The Morgan fingerprint density at radius 1 is 0.577 bits per heavy atom. The van der Waals surface area contributed by atoms with E-state index in [2.05, 4.69) is 79.4 Å². The van der Waals surface area contributed by atoms with E-state index in [4.69, 9.17) is 9.47 Å². The lowest BCUT2D eigenvalue weighted by Crippen LogP contribution is -2.07. The van der Waals surface area contributed by atoms with Crippen LogP contribution in [0.5, 0.6) is 11.5 Å². The number of hydrogen-bond acceptors (Lipinski definition) is 2. The Labute approximate surface area is 152 Å². The fraction of sp³-hybridized carbons (Fsp3) is 0.0833. The van der Waals surface area contributed by atoms with Gasteiger partial charge in [0.2, 0.25) is 0 Å². The van der Waals surface area contributed by atoms with E-state index in [0.29, 0.717) is 13.2 Å². The normalized spacial score (nSPS) is 13.8. The molecule has 1 aliphatic rings. The molecule has 4 aromatic carbocycles. The van der Waals surface area contributed by atoms with Crippen molar-refractivity contribution in [1.82, 2.24) is 0 Å². The molecule has 0 saturated carbocycles. The number of ether oxygens (including phenoxy) is 2. The Balaban J connectivity index is 1.96. The minimum Gasteiger partial charge on any atom is -0.488 e. The van der Waals surface area contributed by atoms with Gasteiger partial charge in [0.05, 0.1) is 0 Å². The molecule has 4 aromatic rings. The topological polar surface area (TPSA) is 18.5 Å². The monoisotopic (exact) mass is 338 g/mol. The maximum absolute atomic E-state index is 6.16. The van der Waals surface area contributed by atoms with Gasteiger partial charge in [-0.1, -0.05) is 67.2 Å². The first-order chi connectivity index (χ1) is 12.8. The molecule has 0 aliphatic carbocycles. The van der Waals surface area contributed by atoms with Crippen LogP contribution in [0.1, 0.15) is 0 Å². The SMILES string of the molecule is C=C1COc2ccc3ccccc3c2-c2c(ccc3ccccc23)OC1. The molecule has 2 heteroatoms. The van der Waals surface area contributed by atoms with Crippen LogP contribution in [0.3, 0.4) is 0 Å². The molecule has 0 N–H and O–H groups in total. The Morgan fingerprint density at radius 2 is 1.04 bits per heavy atom.